The quantitative estimate of drug-likeness (QED) is 0.712. The van der Waals surface area contributed by atoms with Crippen molar-refractivity contribution in [2.45, 2.75) is 20.3 Å². The molecule has 0 aliphatic rings. The molecule has 2 N–H and O–H groups in total. The summed E-state index contributed by atoms with van der Waals surface area (Å²) in [6.07, 6.45) is 2.78. The van der Waals surface area contributed by atoms with Gasteiger partial charge in [0.15, 0.2) is 0 Å². The van der Waals surface area contributed by atoms with E-state index in [-0.39, 0.29) is 5.91 Å². The number of carbonyl (C=O) groups excluding carboxylic acids is 1. The molecule has 0 atom stereocenters. The van der Waals surface area contributed by atoms with E-state index in [1.165, 1.54) is 0 Å². The zero-order valence-electron chi connectivity index (χ0n) is 12.9. The number of pyridine rings is 1. The summed E-state index contributed by atoms with van der Waals surface area (Å²) in [4.78, 5) is 18.1. The number of amides is 1. The number of carbonyl (C=O) groups is 1. The molecule has 0 aliphatic carbocycles. The van der Waals surface area contributed by atoms with Gasteiger partial charge in [0.2, 0.25) is 0 Å². The highest BCUT2D eigenvalue weighted by Crippen LogP contribution is 2.06. The smallest absolute Gasteiger partial charge is 0.269 e. The van der Waals surface area contributed by atoms with Crippen molar-refractivity contribution in [2.75, 3.05) is 39.0 Å². The van der Waals surface area contributed by atoms with Crippen LogP contribution < -0.4 is 10.6 Å². The zero-order valence-corrected chi connectivity index (χ0v) is 12.9. The molecule has 0 aromatic carbocycles. The second-order valence-corrected chi connectivity index (χ2v) is 5.62. The highest BCUT2D eigenvalue weighted by atomic mass is 16.1. The van der Waals surface area contributed by atoms with Crippen LogP contribution >= 0.6 is 0 Å². The monoisotopic (exact) mass is 278 g/mol. The van der Waals surface area contributed by atoms with E-state index in [2.05, 4.69) is 48.5 Å². The molecule has 5 heteroatoms. The third-order valence-electron chi connectivity index (χ3n) is 2.78. The van der Waals surface area contributed by atoms with Crippen LogP contribution in [0.25, 0.3) is 0 Å². The van der Waals surface area contributed by atoms with E-state index in [0.29, 0.717) is 18.2 Å². The molecular weight excluding hydrogens is 252 g/mol. The maximum absolute atomic E-state index is 11.8. The first-order chi connectivity index (χ1) is 9.49. The highest BCUT2D eigenvalue weighted by molar-refractivity contribution is 5.92. The molecule has 0 saturated heterocycles. The van der Waals surface area contributed by atoms with Crippen molar-refractivity contribution in [1.82, 2.24) is 15.2 Å². The normalized spacial score (nSPS) is 10.9. The maximum atomic E-state index is 11.8. The fourth-order valence-electron chi connectivity index (χ4n) is 1.65. The standard InChI is InChI=1S/C15H26N4O/c1-12(2)10-18-15(20)14-7-6-13(11-17-14)16-8-5-9-19(3)4/h6-7,11-12,16H,5,8-10H2,1-4H3,(H,18,20). The molecule has 0 radical (unpaired) electrons. The Hall–Kier alpha value is -1.62. The van der Waals surface area contributed by atoms with Gasteiger partial charge in [-0.2, -0.15) is 0 Å². The molecule has 0 aliphatic heterocycles. The van der Waals surface area contributed by atoms with Gasteiger partial charge in [0.25, 0.3) is 5.91 Å². The number of anilines is 1. The van der Waals surface area contributed by atoms with Gasteiger partial charge < -0.3 is 15.5 Å². The van der Waals surface area contributed by atoms with Crippen molar-refractivity contribution in [2.24, 2.45) is 5.92 Å². The van der Waals surface area contributed by atoms with E-state index in [0.717, 1.165) is 25.2 Å². The van der Waals surface area contributed by atoms with Crippen LogP contribution in [0, 0.1) is 5.92 Å². The molecular formula is C15H26N4O. The minimum absolute atomic E-state index is 0.113. The molecule has 1 amide bonds. The SMILES string of the molecule is CC(C)CNC(=O)c1ccc(NCCCN(C)C)cn1. The largest absolute Gasteiger partial charge is 0.384 e. The Bertz CT molecular complexity index is 401. The Labute approximate surface area is 121 Å². The summed E-state index contributed by atoms with van der Waals surface area (Å²) in [6.45, 7) is 6.75. The minimum Gasteiger partial charge on any atom is -0.384 e. The lowest BCUT2D eigenvalue weighted by Crippen LogP contribution is -2.28. The van der Waals surface area contributed by atoms with Gasteiger partial charge >= 0.3 is 0 Å². The summed E-state index contributed by atoms with van der Waals surface area (Å²) in [7, 11) is 4.12. The van der Waals surface area contributed by atoms with E-state index in [4.69, 9.17) is 0 Å². The predicted octanol–water partition coefficient (Wildman–Crippen LogP) is 1.83. The fraction of sp³-hybridized carbons (Fsp3) is 0.600. The molecule has 1 aromatic heterocycles. The lowest BCUT2D eigenvalue weighted by molar-refractivity contribution is 0.0944. The Kier molecular flexibility index (Phi) is 7.01. The van der Waals surface area contributed by atoms with E-state index in [1.54, 1.807) is 12.3 Å². The minimum atomic E-state index is -0.113. The van der Waals surface area contributed by atoms with Gasteiger partial charge in [-0.15, -0.1) is 0 Å². The lowest BCUT2D eigenvalue weighted by atomic mass is 10.2. The molecule has 1 heterocycles. The lowest BCUT2D eigenvalue weighted by Gasteiger charge is -2.11. The Balaban J connectivity index is 2.37. The van der Waals surface area contributed by atoms with Gasteiger partial charge in [-0.3, -0.25) is 4.79 Å². The van der Waals surface area contributed by atoms with E-state index in [9.17, 15) is 4.79 Å². The van der Waals surface area contributed by atoms with E-state index < -0.39 is 0 Å². The molecule has 5 nitrogen and oxygen atoms in total. The average Bonchev–Trinajstić information content (AvgIpc) is 2.41. The number of hydrogen-bond donors (Lipinski definition) is 2. The maximum Gasteiger partial charge on any atom is 0.269 e. The Morgan fingerprint density at radius 1 is 1.35 bits per heavy atom. The van der Waals surface area contributed by atoms with Crippen LogP contribution in [0.2, 0.25) is 0 Å². The molecule has 0 saturated carbocycles. The van der Waals surface area contributed by atoms with Gasteiger partial charge in [-0.05, 0) is 45.1 Å². The van der Waals surface area contributed by atoms with Crippen LogP contribution in [0.5, 0.6) is 0 Å². The summed E-state index contributed by atoms with van der Waals surface area (Å²) < 4.78 is 0. The molecule has 112 valence electrons. The summed E-state index contributed by atoms with van der Waals surface area (Å²) in [5.74, 6) is 0.328. The van der Waals surface area contributed by atoms with Crippen LogP contribution in [0.4, 0.5) is 5.69 Å². The Morgan fingerprint density at radius 2 is 2.10 bits per heavy atom. The molecule has 0 spiro atoms. The summed E-state index contributed by atoms with van der Waals surface area (Å²) >= 11 is 0. The molecule has 0 fully saturated rings. The van der Waals surface area contributed by atoms with Gasteiger partial charge in [0.1, 0.15) is 5.69 Å². The third-order valence-corrected chi connectivity index (χ3v) is 2.78. The first-order valence-corrected chi connectivity index (χ1v) is 7.12. The Morgan fingerprint density at radius 3 is 2.65 bits per heavy atom. The molecule has 0 unspecified atom stereocenters. The number of nitrogens with one attached hydrogen (secondary N) is 2. The first kappa shape index (κ1) is 16.4. The second kappa shape index (κ2) is 8.53. The second-order valence-electron chi connectivity index (χ2n) is 5.62. The van der Waals surface area contributed by atoms with Crippen LogP contribution in [0.1, 0.15) is 30.8 Å². The molecule has 1 rings (SSSR count). The molecule has 0 bridgehead atoms. The van der Waals surface area contributed by atoms with Crippen molar-refractivity contribution in [3.8, 4) is 0 Å². The van der Waals surface area contributed by atoms with Crippen molar-refractivity contribution < 1.29 is 4.79 Å². The van der Waals surface area contributed by atoms with E-state index in [1.807, 2.05) is 6.07 Å². The number of nitrogens with zero attached hydrogens (tertiary/aromatic N) is 2. The van der Waals surface area contributed by atoms with Crippen molar-refractivity contribution in [3.05, 3.63) is 24.0 Å². The molecule has 1 aromatic rings. The topological polar surface area (TPSA) is 57.3 Å². The number of rotatable bonds is 8. The van der Waals surface area contributed by atoms with Crippen LogP contribution in [0.3, 0.4) is 0 Å². The number of hydrogen-bond acceptors (Lipinski definition) is 4. The van der Waals surface area contributed by atoms with Gasteiger partial charge in [0.05, 0.1) is 11.9 Å². The third kappa shape index (κ3) is 6.52. The van der Waals surface area contributed by atoms with Crippen LogP contribution in [0.15, 0.2) is 18.3 Å². The van der Waals surface area contributed by atoms with Crippen molar-refractivity contribution in [1.29, 1.82) is 0 Å². The zero-order chi connectivity index (χ0) is 15.0. The predicted molar refractivity (Wildman–Crippen MR) is 83.1 cm³/mol. The average molecular weight is 278 g/mol. The van der Waals surface area contributed by atoms with Crippen LogP contribution in [-0.4, -0.2) is 49.5 Å². The van der Waals surface area contributed by atoms with Crippen LogP contribution in [-0.2, 0) is 0 Å². The van der Waals surface area contributed by atoms with E-state index >= 15 is 0 Å². The summed E-state index contributed by atoms with van der Waals surface area (Å²) in [5.41, 5.74) is 1.41. The van der Waals surface area contributed by atoms with Gasteiger partial charge in [-0.25, -0.2) is 4.98 Å². The summed E-state index contributed by atoms with van der Waals surface area (Å²) in [6, 6.07) is 3.65. The fourth-order valence-corrected chi connectivity index (χ4v) is 1.65. The van der Waals surface area contributed by atoms with Crippen molar-refractivity contribution >= 4 is 11.6 Å². The summed E-state index contributed by atoms with van der Waals surface area (Å²) in [5, 5.41) is 6.15. The first-order valence-electron chi connectivity index (χ1n) is 7.12. The van der Waals surface area contributed by atoms with Gasteiger partial charge in [-0.1, -0.05) is 13.8 Å². The molecule has 20 heavy (non-hydrogen) atoms. The highest BCUT2D eigenvalue weighted by Gasteiger charge is 2.07. The van der Waals surface area contributed by atoms with Crippen molar-refractivity contribution in [3.63, 3.8) is 0 Å². The van der Waals surface area contributed by atoms with Gasteiger partial charge in [0, 0.05) is 13.1 Å². The number of aromatic nitrogens is 1.